The van der Waals surface area contributed by atoms with Crippen LogP contribution >= 0.6 is 35.6 Å². The molecule has 1 amide bonds. The number of thiocarbonyl (C=S) groups is 1. The summed E-state index contributed by atoms with van der Waals surface area (Å²) >= 11 is 12.7. The molecule has 1 saturated heterocycles. The molecule has 1 N–H and O–H groups in total. The molecule has 1 fully saturated rings. The molecular formula is C15H16ClN3OS2. The normalized spacial score (nSPS) is 15.2. The van der Waals surface area contributed by atoms with Crippen molar-refractivity contribution in [1.82, 2.24) is 4.90 Å². The average molecular weight is 354 g/mol. The predicted octanol–water partition coefficient (Wildman–Crippen LogP) is 3.65. The predicted molar refractivity (Wildman–Crippen MR) is 95.3 cm³/mol. The average Bonchev–Trinajstić information content (AvgIpc) is 3.01. The SMILES string of the molecule is C[C@@H](SC(=S)N1CCCC1)C(=O)Nc1ccc(C#N)c(Cl)c1. The number of nitrogens with zero attached hydrogens (tertiary/aromatic N) is 2. The van der Waals surface area contributed by atoms with Gasteiger partial charge in [-0.3, -0.25) is 4.79 Å². The van der Waals surface area contributed by atoms with Gasteiger partial charge in [0.25, 0.3) is 0 Å². The largest absolute Gasteiger partial charge is 0.358 e. The van der Waals surface area contributed by atoms with Gasteiger partial charge >= 0.3 is 0 Å². The monoisotopic (exact) mass is 353 g/mol. The molecular weight excluding hydrogens is 338 g/mol. The molecule has 22 heavy (non-hydrogen) atoms. The third kappa shape index (κ3) is 4.35. The number of halogens is 1. The lowest BCUT2D eigenvalue weighted by atomic mass is 10.2. The standard InChI is InChI=1S/C15H16ClN3OS2/c1-10(22-15(21)19-6-2-3-7-19)14(20)18-12-5-4-11(9-17)13(16)8-12/h4-5,8,10H,2-3,6-7H2,1H3,(H,18,20)/t10-/m1/s1. The second kappa shape index (κ2) is 7.82. The molecule has 0 unspecified atom stereocenters. The number of likely N-dealkylation sites (tertiary alicyclic amines) is 1. The van der Waals surface area contributed by atoms with Gasteiger partial charge in [0, 0.05) is 18.8 Å². The Morgan fingerprint density at radius 3 is 2.77 bits per heavy atom. The molecule has 0 aliphatic carbocycles. The molecule has 0 radical (unpaired) electrons. The lowest BCUT2D eigenvalue weighted by Gasteiger charge is -2.20. The number of nitrogens with one attached hydrogen (secondary N) is 1. The van der Waals surface area contributed by atoms with Crippen LogP contribution in [0.25, 0.3) is 0 Å². The molecule has 4 nitrogen and oxygen atoms in total. The minimum atomic E-state index is -0.289. The van der Waals surface area contributed by atoms with Crippen molar-refractivity contribution in [3.63, 3.8) is 0 Å². The summed E-state index contributed by atoms with van der Waals surface area (Å²) in [5, 5.41) is 11.7. The van der Waals surface area contributed by atoms with Gasteiger partial charge in [0.2, 0.25) is 5.91 Å². The number of hydrogen-bond donors (Lipinski definition) is 1. The van der Waals surface area contributed by atoms with Gasteiger partial charge in [-0.1, -0.05) is 35.6 Å². The fraction of sp³-hybridized carbons (Fsp3) is 0.400. The molecule has 7 heteroatoms. The first kappa shape index (κ1) is 17.1. The first-order valence-corrected chi connectivity index (χ1v) is 8.64. The van der Waals surface area contributed by atoms with Crippen LogP contribution in [0.3, 0.4) is 0 Å². The van der Waals surface area contributed by atoms with Crippen LogP contribution in [0, 0.1) is 11.3 Å². The highest BCUT2D eigenvalue weighted by molar-refractivity contribution is 8.23. The van der Waals surface area contributed by atoms with Crippen LogP contribution in [-0.4, -0.2) is 33.5 Å². The number of carbonyl (C=O) groups is 1. The molecule has 1 aromatic rings. The maximum atomic E-state index is 12.2. The second-order valence-electron chi connectivity index (χ2n) is 5.02. The van der Waals surface area contributed by atoms with Crippen LogP contribution in [0.1, 0.15) is 25.3 Å². The Morgan fingerprint density at radius 1 is 1.50 bits per heavy atom. The van der Waals surface area contributed by atoms with Crippen molar-refractivity contribution in [1.29, 1.82) is 5.26 Å². The fourth-order valence-electron chi connectivity index (χ4n) is 2.11. The number of anilines is 1. The molecule has 1 atom stereocenters. The number of hydrogen-bond acceptors (Lipinski definition) is 4. The Hall–Kier alpha value is -1.29. The zero-order chi connectivity index (χ0) is 16.1. The van der Waals surface area contributed by atoms with Crippen molar-refractivity contribution >= 4 is 51.5 Å². The lowest BCUT2D eigenvalue weighted by molar-refractivity contribution is -0.115. The summed E-state index contributed by atoms with van der Waals surface area (Å²) in [5.41, 5.74) is 0.964. The van der Waals surface area contributed by atoms with Gasteiger partial charge in [-0.15, -0.1) is 0 Å². The second-order valence-corrected chi connectivity index (χ2v) is 7.40. The zero-order valence-electron chi connectivity index (χ0n) is 12.1. The van der Waals surface area contributed by atoms with Gasteiger partial charge in [-0.25, -0.2) is 0 Å². The number of benzene rings is 1. The van der Waals surface area contributed by atoms with E-state index >= 15 is 0 Å². The third-order valence-electron chi connectivity index (χ3n) is 3.37. The molecule has 0 spiro atoms. The van der Waals surface area contributed by atoms with Gasteiger partial charge in [0.1, 0.15) is 10.4 Å². The third-order valence-corrected chi connectivity index (χ3v) is 5.26. The topological polar surface area (TPSA) is 56.1 Å². The van der Waals surface area contributed by atoms with Gasteiger partial charge in [-0.2, -0.15) is 5.26 Å². The maximum absolute atomic E-state index is 12.2. The summed E-state index contributed by atoms with van der Waals surface area (Å²) in [5.74, 6) is -0.132. The quantitative estimate of drug-likeness (QED) is 0.840. The summed E-state index contributed by atoms with van der Waals surface area (Å²) in [4.78, 5) is 14.4. The van der Waals surface area contributed by atoms with Gasteiger partial charge < -0.3 is 10.2 Å². The Kier molecular flexibility index (Phi) is 6.07. The van der Waals surface area contributed by atoms with E-state index in [1.807, 2.05) is 13.0 Å². The molecule has 116 valence electrons. The Labute approximate surface area is 144 Å². The molecule has 0 bridgehead atoms. The summed E-state index contributed by atoms with van der Waals surface area (Å²) in [6.07, 6.45) is 2.32. The van der Waals surface area contributed by atoms with Crippen LogP contribution in [-0.2, 0) is 4.79 Å². The summed E-state index contributed by atoms with van der Waals surface area (Å²) in [6, 6.07) is 6.82. The van der Waals surface area contributed by atoms with E-state index in [1.165, 1.54) is 11.8 Å². The summed E-state index contributed by atoms with van der Waals surface area (Å²) in [6.45, 7) is 3.78. The summed E-state index contributed by atoms with van der Waals surface area (Å²) < 4.78 is 0.776. The Morgan fingerprint density at radius 2 is 2.18 bits per heavy atom. The minimum absolute atomic E-state index is 0.132. The van der Waals surface area contributed by atoms with Crippen LogP contribution in [0.2, 0.25) is 5.02 Å². The number of rotatable bonds is 3. The molecule has 1 aromatic carbocycles. The number of nitriles is 1. The van der Waals surface area contributed by atoms with Gasteiger partial charge in [-0.05, 0) is 38.0 Å². The maximum Gasteiger partial charge on any atom is 0.237 e. The minimum Gasteiger partial charge on any atom is -0.358 e. The highest BCUT2D eigenvalue weighted by atomic mass is 35.5. The van der Waals surface area contributed by atoms with Crippen LogP contribution in [0.4, 0.5) is 5.69 Å². The number of carbonyl (C=O) groups excluding carboxylic acids is 1. The van der Waals surface area contributed by atoms with E-state index in [4.69, 9.17) is 29.1 Å². The van der Waals surface area contributed by atoms with E-state index in [0.717, 1.165) is 30.3 Å². The molecule has 1 aliphatic heterocycles. The van der Waals surface area contributed by atoms with Crippen molar-refractivity contribution in [2.75, 3.05) is 18.4 Å². The van der Waals surface area contributed by atoms with Crippen molar-refractivity contribution < 1.29 is 4.79 Å². The van der Waals surface area contributed by atoms with E-state index in [9.17, 15) is 4.79 Å². The highest BCUT2D eigenvalue weighted by Crippen LogP contribution is 2.23. The van der Waals surface area contributed by atoms with E-state index < -0.39 is 0 Å². The first-order chi connectivity index (χ1) is 10.5. The lowest BCUT2D eigenvalue weighted by Crippen LogP contribution is -2.29. The Balaban J connectivity index is 1.92. The Bertz CT molecular complexity index is 624. The number of amides is 1. The molecule has 1 heterocycles. The van der Waals surface area contributed by atoms with Crippen molar-refractivity contribution in [2.24, 2.45) is 0 Å². The van der Waals surface area contributed by atoms with Gasteiger partial charge in [0.15, 0.2) is 0 Å². The van der Waals surface area contributed by atoms with Crippen LogP contribution in [0.15, 0.2) is 18.2 Å². The van der Waals surface area contributed by atoms with E-state index in [-0.39, 0.29) is 11.2 Å². The van der Waals surface area contributed by atoms with Gasteiger partial charge in [0.05, 0.1) is 15.8 Å². The zero-order valence-corrected chi connectivity index (χ0v) is 14.5. The smallest absolute Gasteiger partial charge is 0.237 e. The number of thioether (sulfide) groups is 1. The van der Waals surface area contributed by atoms with Crippen LogP contribution in [0.5, 0.6) is 0 Å². The van der Waals surface area contributed by atoms with Crippen LogP contribution < -0.4 is 5.32 Å². The van der Waals surface area contributed by atoms with Crippen molar-refractivity contribution in [3.8, 4) is 6.07 Å². The molecule has 2 rings (SSSR count). The van der Waals surface area contributed by atoms with E-state index in [0.29, 0.717) is 16.3 Å². The molecule has 1 aliphatic rings. The summed E-state index contributed by atoms with van der Waals surface area (Å²) in [7, 11) is 0. The highest BCUT2D eigenvalue weighted by Gasteiger charge is 2.21. The first-order valence-electron chi connectivity index (χ1n) is 6.97. The van der Waals surface area contributed by atoms with E-state index in [1.54, 1.807) is 18.2 Å². The van der Waals surface area contributed by atoms with E-state index in [2.05, 4.69) is 10.2 Å². The van der Waals surface area contributed by atoms with Crippen molar-refractivity contribution in [2.45, 2.75) is 25.0 Å². The molecule has 0 saturated carbocycles. The van der Waals surface area contributed by atoms with Crippen molar-refractivity contribution in [3.05, 3.63) is 28.8 Å². The fourth-order valence-corrected chi connectivity index (χ4v) is 3.74. The molecule has 0 aromatic heterocycles.